The van der Waals surface area contributed by atoms with Crippen LogP contribution < -0.4 is 0 Å². The van der Waals surface area contributed by atoms with Crippen LogP contribution >= 0.6 is 0 Å². The van der Waals surface area contributed by atoms with Crippen molar-refractivity contribution in [1.29, 1.82) is 0 Å². The van der Waals surface area contributed by atoms with Gasteiger partial charge in [-0.2, -0.15) is 0 Å². The van der Waals surface area contributed by atoms with Crippen LogP contribution in [-0.2, 0) is 14.9 Å². The van der Waals surface area contributed by atoms with Gasteiger partial charge in [0, 0.05) is 16.5 Å². The summed E-state index contributed by atoms with van der Waals surface area (Å²) in [5.41, 5.74) is -0.118. The maximum atomic E-state index is 13.2. The molecule has 1 aliphatic rings. The molecular formula is C21H15NO4. The first kappa shape index (κ1) is 16.1. The van der Waals surface area contributed by atoms with Crippen molar-refractivity contribution in [3.63, 3.8) is 0 Å². The molecule has 128 valence electrons. The number of hydrogen-bond donors (Lipinski definition) is 0. The van der Waals surface area contributed by atoms with E-state index in [0.717, 1.165) is 5.39 Å². The van der Waals surface area contributed by atoms with Crippen molar-refractivity contribution in [2.75, 3.05) is 7.11 Å². The Bertz CT molecular complexity index is 1040. The summed E-state index contributed by atoms with van der Waals surface area (Å²) in [4.78, 5) is 43.1. The molecule has 0 saturated carbocycles. The number of rotatable bonds is 3. The van der Waals surface area contributed by atoms with Crippen molar-refractivity contribution in [2.24, 2.45) is 0 Å². The highest BCUT2D eigenvalue weighted by Crippen LogP contribution is 2.42. The topological polar surface area (TPSA) is 73.3 Å². The van der Waals surface area contributed by atoms with Crippen LogP contribution in [0.1, 0.15) is 32.8 Å². The van der Waals surface area contributed by atoms with Gasteiger partial charge in [-0.25, -0.2) is 0 Å². The Morgan fingerprint density at radius 3 is 2.19 bits per heavy atom. The Morgan fingerprint density at radius 1 is 0.923 bits per heavy atom. The van der Waals surface area contributed by atoms with Crippen LogP contribution in [0, 0.1) is 0 Å². The van der Waals surface area contributed by atoms with E-state index < -0.39 is 23.0 Å². The van der Waals surface area contributed by atoms with Crippen LogP contribution in [0.4, 0.5) is 0 Å². The van der Waals surface area contributed by atoms with Gasteiger partial charge in [0.25, 0.3) is 0 Å². The third-order valence-electron chi connectivity index (χ3n) is 4.86. The maximum absolute atomic E-state index is 13.2. The van der Waals surface area contributed by atoms with Gasteiger partial charge in [0.2, 0.25) is 0 Å². The Kier molecular flexibility index (Phi) is 3.65. The van der Waals surface area contributed by atoms with E-state index in [4.69, 9.17) is 4.74 Å². The molecule has 0 spiro atoms. The Balaban J connectivity index is 1.97. The van der Waals surface area contributed by atoms with Gasteiger partial charge in [-0.05, 0) is 12.1 Å². The smallest absolute Gasteiger partial charge is 0.307 e. The molecule has 0 fully saturated rings. The number of benzene rings is 2. The number of carbonyl (C=O) groups excluding carboxylic acids is 3. The molecule has 3 aromatic rings. The van der Waals surface area contributed by atoms with Gasteiger partial charge in [0.05, 0.1) is 24.7 Å². The molecule has 0 aliphatic heterocycles. The Labute approximate surface area is 149 Å². The molecule has 4 rings (SSSR count). The fourth-order valence-corrected chi connectivity index (χ4v) is 3.52. The number of esters is 1. The van der Waals surface area contributed by atoms with Gasteiger partial charge in [-0.15, -0.1) is 0 Å². The number of para-hydroxylation sites is 1. The number of methoxy groups -OCH3 is 1. The van der Waals surface area contributed by atoms with Gasteiger partial charge in [0.1, 0.15) is 5.41 Å². The molecule has 5 heteroatoms. The van der Waals surface area contributed by atoms with Crippen LogP contribution in [0.5, 0.6) is 0 Å². The van der Waals surface area contributed by atoms with Gasteiger partial charge in [-0.3, -0.25) is 19.4 Å². The van der Waals surface area contributed by atoms with E-state index in [1.165, 1.54) is 7.11 Å². The first-order valence-corrected chi connectivity index (χ1v) is 8.19. The summed E-state index contributed by atoms with van der Waals surface area (Å²) in [6.45, 7) is 0. The SMILES string of the molecule is COC(=O)CC1(c2ccc3ccccc3n2)C(=O)c2ccccc2C1=O. The van der Waals surface area contributed by atoms with Crippen molar-refractivity contribution in [2.45, 2.75) is 11.8 Å². The number of aromatic nitrogens is 1. The zero-order valence-corrected chi connectivity index (χ0v) is 14.1. The molecule has 0 atom stereocenters. The monoisotopic (exact) mass is 345 g/mol. The van der Waals surface area contributed by atoms with Gasteiger partial charge < -0.3 is 4.74 Å². The highest BCUT2D eigenvalue weighted by molar-refractivity contribution is 6.34. The highest BCUT2D eigenvalue weighted by atomic mass is 16.5. The van der Waals surface area contributed by atoms with Crippen LogP contribution in [0.25, 0.3) is 10.9 Å². The second-order valence-electron chi connectivity index (χ2n) is 6.25. The van der Waals surface area contributed by atoms with E-state index in [2.05, 4.69) is 4.98 Å². The molecule has 26 heavy (non-hydrogen) atoms. The summed E-state index contributed by atoms with van der Waals surface area (Å²) in [5.74, 6) is -1.45. The van der Waals surface area contributed by atoms with E-state index in [1.54, 1.807) is 36.4 Å². The average Bonchev–Trinajstić information content (AvgIpc) is 2.90. The molecule has 0 unspecified atom stereocenters. The lowest BCUT2D eigenvalue weighted by Crippen LogP contribution is -2.41. The van der Waals surface area contributed by atoms with Crippen LogP contribution in [0.2, 0.25) is 0 Å². The lowest BCUT2D eigenvalue weighted by atomic mass is 9.76. The van der Waals surface area contributed by atoms with E-state index in [-0.39, 0.29) is 12.1 Å². The van der Waals surface area contributed by atoms with E-state index in [9.17, 15) is 14.4 Å². The molecule has 0 radical (unpaired) electrons. The van der Waals surface area contributed by atoms with Crippen LogP contribution in [-0.4, -0.2) is 29.6 Å². The number of Topliss-reactive ketones (excluding diaryl/α,β-unsaturated/α-hetero) is 2. The maximum Gasteiger partial charge on any atom is 0.307 e. The van der Waals surface area contributed by atoms with Crippen LogP contribution in [0.3, 0.4) is 0 Å². The first-order valence-electron chi connectivity index (χ1n) is 8.19. The van der Waals surface area contributed by atoms with Crippen molar-refractivity contribution in [3.8, 4) is 0 Å². The lowest BCUT2D eigenvalue weighted by Gasteiger charge is -2.24. The summed E-state index contributed by atoms with van der Waals surface area (Å²) in [6, 6.07) is 17.5. The highest BCUT2D eigenvalue weighted by Gasteiger charge is 2.56. The quantitative estimate of drug-likeness (QED) is 0.539. The number of hydrogen-bond acceptors (Lipinski definition) is 5. The van der Waals surface area contributed by atoms with E-state index in [0.29, 0.717) is 16.6 Å². The Hall–Kier alpha value is -3.34. The minimum Gasteiger partial charge on any atom is -0.469 e. The predicted octanol–water partition coefficient (Wildman–Crippen LogP) is 3.11. The molecule has 1 aliphatic carbocycles. The van der Waals surface area contributed by atoms with E-state index >= 15 is 0 Å². The molecular weight excluding hydrogens is 330 g/mol. The van der Waals surface area contributed by atoms with Crippen molar-refractivity contribution >= 4 is 28.4 Å². The first-order chi connectivity index (χ1) is 12.6. The minimum absolute atomic E-state index is 0.271. The second-order valence-corrected chi connectivity index (χ2v) is 6.25. The zero-order chi connectivity index (χ0) is 18.3. The summed E-state index contributed by atoms with van der Waals surface area (Å²) >= 11 is 0. The number of fused-ring (bicyclic) bond motifs is 2. The largest absolute Gasteiger partial charge is 0.469 e. The van der Waals surface area contributed by atoms with Gasteiger partial charge in [-0.1, -0.05) is 48.5 Å². The fourth-order valence-electron chi connectivity index (χ4n) is 3.52. The molecule has 5 nitrogen and oxygen atoms in total. The number of carbonyl (C=O) groups is 3. The second kappa shape index (κ2) is 5.88. The van der Waals surface area contributed by atoms with Crippen molar-refractivity contribution in [3.05, 3.63) is 77.5 Å². The predicted molar refractivity (Wildman–Crippen MR) is 95.2 cm³/mol. The molecule has 1 heterocycles. The molecule has 0 bridgehead atoms. The molecule has 2 aromatic carbocycles. The third kappa shape index (κ3) is 2.17. The minimum atomic E-state index is -1.68. The standard InChI is InChI=1S/C21H15NO4/c1-26-18(23)12-21(17-11-10-13-6-2-5-9-16(13)22-17)19(24)14-7-3-4-8-15(14)20(21)25/h2-11H,12H2,1H3. The van der Waals surface area contributed by atoms with Gasteiger partial charge >= 0.3 is 5.97 Å². The zero-order valence-electron chi connectivity index (χ0n) is 14.1. The third-order valence-corrected chi connectivity index (χ3v) is 4.86. The molecule has 0 amide bonds. The molecule has 0 N–H and O–H groups in total. The fraction of sp³-hybridized carbons (Fsp3) is 0.143. The summed E-state index contributed by atoms with van der Waals surface area (Å²) in [7, 11) is 1.24. The van der Waals surface area contributed by atoms with Crippen molar-refractivity contribution < 1.29 is 19.1 Å². The van der Waals surface area contributed by atoms with Crippen molar-refractivity contribution in [1.82, 2.24) is 4.98 Å². The van der Waals surface area contributed by atoms with E-state index in [1.807, 2.05) is 24.3 Å². The molecule has 0 saturated heterocycles. The lowest BCUT2D eigenvalue weighted by molar-refractivity contribution is -0.141. The summed E-state index contributed by atoms with van der Waals surface area (Å²) < 4.78 is 4.77. The van der Waals surface area contributed by atoms with Crippen LogP contribution in [0.15, 0.2) is 60.7 Å². The van der Waals surface area contributed by atoms with Gasteiger partial charge in [0.15, 0.2) is 11.6 Å². The summed E-state index contributed by atoms with van der Waals surface area (Å²) in [5, 5.41) is 0.889. The molecule has 1 aromatic heterocycles. The number of ketones is 2. The Morgan fingerprint density at radius 2 is 1.54 bits per heavy atom. The summed E-state index contributed by atoms with van der Waals surface area (Å²) in [6.07, 6.45) is -0.374. The number of nitrogens with zero attached hydrogens (tertiary/aromatic N) is 1. The average molecular weight is 345 g/mol. The normalized spacial score (nSPS) is 15.1. The number of ether oxygens (including phenoxy) is 1. The number of pyridine rings is 1.